The van der Waals surface area contributed by atoms with Crippen molar-refractivity contribution in [2.75, 3.05) is 13.2 Å². The van der Waals surface area contributed by atoms with Crippen LogP contribution in [0.2, 0.25) is 0 Å². The SMILES string of the molecule is CC.CC.CC1OCCC2(CO2)C1C. The highest BCUT2D eigenvalue weighted by molar-refractivity contribution is 5.00. The summed E-state index contributed by atoms with van der Waals surface area (Å²) in [6.07, 6.45) is 1.48. The molecule has 2 saturated heterocycles. The highest BCUT2D eigenvalue weighted by atomic mass is 16.6. The second-order valence-electron chi connectivity index (χ2n) is 3.47. The van der Waals surface area contributed by atoms with E-state index in [0.717, 1.165) is 19.6 Å². The molecule has 0 aromatic rings. The number of hydrogen-bond acceptors (Lipinski definition) is 2. The number of epoxide rings is 1. The first-order valence-corrected chi connectivity index (χ1v) is 6.00. The molecule has 86 valence electrons. The van der Waals surface area contributed by atoms with Crippen molar-refractivity contribution in [1.29, 1.82) is 0 Å². The Morgan fingerprint density at radius 1 is 1.07 bits per heavy atom. The Morgan fingerprint density at radius 3 is 1.93 bits per heavy atom. The van der Waals surface area contributed by atoms with E-state index in [2.05, 4.69) is 13.8 Å². The third kappa shape index (κ3) is 2.96. The molecule has 0 bridgehead atoms. The van der Waals surface area contributed by atoms with Crippen molar-refractivity contribution in [2.45, 2.75) is 59.7 Å². The Hall–Kier alpha value is -0.0800. The van der Waals surface area contributed by atoms with Crippen LogP contribution in [0.4, 0.5) is 0 Å². The Balaban J connectivity index is 0.000000379. The zero-order valence-corrected chi connectivity index (χ0v) is 10.6. The molecule has 0 radical (unpaired) electrons. The van der Waals surface area contributed by atoms with Crippen molar-refractivity contribution in [2.24, 2.45) is 5.92 Å². The van der Waals surface area contributed by atoms with Crippen molar-refractivity contribution >= 4 is 0 Å². The molecule has 3 unspecified atom stereocenters. The van der Waals surface area contributed by atoms with E-state index in [1.165, 1.54) is 0 Å². The topological polar surface area (TPSA) is 21.8 Å². The van der Waals surface area contributed by atoms with Crippen LogP contribution >= 0.6 is 0 Å². The molecule has 1 spiro atoms. The summed E-state index contributed by atoms with van der Waals surface area (Å²) in [4.78, 5) is 0. The van der Waals surface area contributed by atoms with Crippen LogP contribution in [0.1, 0.15) is 48.0 Å². The molecular formula is C12H26O2. The van der Waals surface area contributed by atoms with Crippen LogP contribution in [0.15, 0.2) is 0 Å². The van der Waals surface area contributed by atoms with Crippen LogP contribution in [0.5, 0.6) is 0 Å². The molecule has 3 atom stereocenters. The van der Waals surface area contributed by atoms with Crippen molar-refractivity contribution < 1.29 is 9.47 Å². The van der Waals surface area contributed by atoms with Gasteiger partial charge in [-0.25, -0.2) is 0 Å². The zero-order valence-electron chi connectivity index (χ0n) is 10.6. The zero-order chi connectivity index (χ0) is 11.2. The maximum absolute atomic E-state index is 5.49. The summed E-state index contributed by atoms with van der Waals surface area (Å²) in [5.74, 6) is 0.584. The summed E-state index contributed by atoms with van der Waals surface area (Å²) in [6, 6.07) is 0. The molecule has 0 saturated carbocycles. The van der Waals surface area contributed by atoms with Crippen molar-refractivity contribution in [3.05, 3.63) is 0 Å². The minimum Gasteiger partial charge on any atom is -0.378 e. The van der Waals surface area contributed by atoms with E-state index in [4.69, 9.17) is 9.47 Å². The molecule has 0 aromatic heterocycles. The second-order valence-corrected chi connectivity index (χ2v) is 3.47. The van der Waals surface area contributed by atoms with Crippen LogP contribution in [-0.4, -0.2) is 24.9 Å². The lowest BCUT2D eigenvalue weighted by atomic mass is 9.86. The highest BCUT2D eigenvalue weighted by Gasteiger charge is 2.53. The minimum absolute atomic E-state index is 0.234. The average molecular weight is 202 g/mol. The van der Waals surface area contributed by atoms with Gasteiger partial charge in [-0.05, 0) is 6.92 Å². The van der Waals surface area contributed by atoms with E-state index in [-0.39, 0.29) is 5.60 Å². The predicted octanol–water partition coefficient (Wildman–Crippen LogP) is 3.25. The van der Waals surface area contributed by atoms with Crippen LogP contribution in [0, 0.1) is 5.92 Å². The van der Waals surface area contributed by atoms with Gasteiger partial charge in [-0.3, -0.25) is 0 Å². The molecule has 2 fully saturated rings. The molecule has 0 amide bonds. The molecule has 0 N–H and O–H groups in total. The fraction of sp³-hybridized carbons (Fsp3) is 1.00. The van der Waals surface area contributed by atoms with Gasteiger partial charge in [0.25, 0.3) is 0 Å². The van der Waals surface area contributed by atoms with Gasteiger partial charge in [0.05, 0.1) is 18.3 Å². The van der Waals surface area contributed by atoms with E-state index in [1.54, 1.807) is 0 Å². The van der Waals surface area contributed by atoms with Gasteiger partial charge in [0, 0.05) is 18.9 Å². The van der Waals surface area contributed by atoms with Crippen LogP contribution in [0.3, 0.4) is 0 Å². The van der Waals surface area contributed by atoms with Gasteiger partial charge in [0.2, 0.25) is 0 Å². The first kappa shape index (κ1) is 13.9. The van der Waals surface area contributed by atoms with Gasteiger partial charge in [-0.15, -0.1) is 0 Å². The molecule has 2 heterocycles. The molecule has 2 nitrogen and oxygen atoms in total. The largest absolute Gasteiger partial charge is 0.378 e. The van der Waals surface area contributed by atoms with Gasteiger partial charge >= 0.3 is 0 Å². The minimum atomic E-state index is 0.234. The second kappa shape index (κ2) is 6.41. The summed E-state index contributed by atoms with van der Waals surface area (Å²) >= 11 is 0. The van der Waals surface area contributed by atoms with Gasteiger partial charge in [-0.2, -0.15) is 0 Å². The first-order valence-electron chi connectivity index (χ1n) is 6.00. The van der Waals surface area contributed by atoms with Crippen molar-refractivity contribution in [1.82, 2.24) is 0 Å². The quantitative estimate of drug-likeness (QED) is 0.562. The maximum atomic E-state index is 5.49. The number of hydrogen-bond donors (Lipinski definition) is 0. The van der Waals surface area contributed by atoms with Gasteiger partial charge in [0.15, 0.2) is 0 Å². The number of ether oxygens (including phenoxy) is 2. The summed E-state index contributed by atoms with van der Waals surface area (Å²) in [5, 5.41) is 0. The highest BCUT2D eigenvalue weighted by Crippen LogP contribution is 2.43. The lowest BCUT2D eigenvalue weighted by Crippen LogP contribution is -2.38. The number of rotatable bonds is 0. The van der Waals surface area contributed by atoms with E-state index in [1.807, 2.05) is 27.7 Å². The van der Waals surface area contributed by atoms with E-state index in [0.29, 0.717) is 12.0 Å². The van der Waals surface area contributed by atoms with Gasteiger partial charge < -0.3 is 9.47 Å². The van der Waals surface area contributed by atoms with Gasteiger partial charge in [-0.1, -0.05) is 34.6 Å². The van der Waals surface area contributed by atoms with Crippen LogP contribution in [0.25, 0.3) is 0 Å². The van der Waals surface area contributed by atoms with Crippen molar-refractivity contribution in [3.63, 3.8) is 0 Å². The first-order chi connectivity index (χ1) is 6.75. The molecule has 0 aromatic carbocycles. The molecular weight excluding hydrogens is 176 g/mol. The van der Waals surface area contributed by atoms with E-state index in [9.17, 15) is 0 Å². The predicted molar refractivity (Wildman–Crippen MR) is 60.6 cm³/mol. The smallest absolute Gasteiger partial charge is 0.0988 e. The molecule has 2 aliphatic heterocycles. The monoisotopic (exact) mass is 202 g/mol. The molecule has 2 heteroatoms. The lowest BCUT2D eigenvalue weighted by molar-refractivity contribution is -0.0510. The Morgan fingerprint density at radius 2 is 1.57 bits per heavy atom. The third-order valence-electron chi connectivity index (χ3n) is 2.96. The molecule has 0 aliphatic carbocycles. The Labute approximate surface area is 89.0 Å². The normalized spacial score (nSPS) is 39.0. The van der Waals surface area contributed by atoms with Gasteiger partial charge in [0.1, 0.15) is 0 Å². The summed E-state index contributed by atoms with van der Waals surface area (Å²) in [6.45, 7) is 14.2. The lowest BCUT2D eigenvalue weighted by Gasteiger charge is -2.31. The van der Waals surface area contributed by atoms with E-state index < -0.39 is 0 Å². The average Bonchev–Trinajstić information content (AvgIpc) is 3.02. The van der Waals surface area contributed by atoms with Crippen LogP contribution < -0.4 is 0 Å². The van der Waals surface area contributed by atoms with Crippen LogP contribution in [-0.2, 0) is 9.47 Å². The summed E-state index contributed by atoms with van der Waals surface area (Å²) in [7, 11) is 0. The standard InChI is InChI=1S/C8H14O2.2C2H6/c1-6-7(2)9-4-3-8(6)5-10-8;2*1-2/h6-7H,3-5H2,1-2H3;2*1-2H3. The Bertz CT molecular complexity index is 141. The third-order valence-corrected chi connectivity index (χ3v) is 2.96. The molecule has 2 aliphatic rings. The fourth-order valence-electron chi connectivity index (χ4n) is 1.72. The maximum Gasteiger partial charge on any atom is 0.0988 e. The molecule has 2 rings (SSSR count). The molecule has 14 heavy (non-hydrogen) atoms. The summed E-state index contributed by atoms with van der Waals surface area (Å²) < 4.78 is 10.9. The summed E-state index contributed by atoms with van der Waals surface area (Å²) in [5.41, 5.74) is 0.234. The van der Waals surface area contributed by atoms with E-state index >= 15 is 0 Å². The fourth-order valence-corrected chi connectivity index (χ4v) is 1.72. The van der Waals surface area contributed by atoms with Crippen molar-refractivity contribution in [3.8, 4) is 0 Å². The Kier molecular flexibility index (Phi) is 6.38.